The molecule has 0 atom stereocenters. The number of rotatable bonds is 3. The number of hydrogen-bond acceptors (Lipinski definition) is 5. The molecule has 0 saturated carbocycles. The number of hydrogen-bond donors (Lipinski definition) is 2. The molecule has 1 aromatic rings. The molecule has 1 aliphatic heterocycles. The first kappa shape index (κ1) is 16.2. The molecule has 3 N–H and O–H groups in total. The van der Waals surface area contributed by atoms with Gasteiger partial charge in [0.25, 0.3) is 0 Å². The lowest BCUT2D eigenvalue weighted by Crippen LogP contribution is -2.35. The van der Waals surface area contributed by atoms with E-state index in [-0.39, 0.29) is 28.9 Å². The normalized spacial score (nSPS) is 14.8. The quantitative estimate of drug-likeness (QED) is 0.722. The van der Waals surface area contributed by atoms with E-state index >= 15 is 0 Å². The van der Waals surface area contributed by atoms with Crippen molar-refractivity contribution in [2.75, 3.05) is 20.1 Å². The number of sulfonamides is 1. The second-order valence-corrected chi connectivity index (χ2v) is 5.73. The Labute approximate surface area is 130 Å². The van der Waals surface area contributed by atoms with Gasteiger partial charge in [0.15, 0.2) is 5.96 Å². The maximum Gasteiger partial charge on any atom is 0.238 e. The van der Waals surface area contributed by atoms with Crippen LogP contribution in [-0.2, 0) is 16.6 Å². The maximum atomic E-state index is 11.1. The molecule has 1 aromatic carbocycles. The summed E-state index contributed by atoms with van der Waals surface area (Å²) in [4.78, 5) is 6.47. The molecular formula is C11H17IN4O2S. The van der Waals surface area contributed by atoms with E-state index in [2.05, 4.69) is 10.3 Å². The van der Waals surface area contributed by atoms with Crippen LogP contribution in [0.25, 0.3) is 0 Å². The van der Waals surface area contributed by atoms with Crippen molar-refractivity contribution < 1.29 is 8.42 Å². The minimum atomic E-state index is -3.61. The van der Waals surface area contributed by atoms with E-state index in [0.717, 1.165) is 24.6 Å². The maximum absolute atomic E-state index is 11.1. The summed E-state index contributed by atoms with van der Waals surface area (Å²) in [6, 6.07) is 6.49. The Morgan fingerprint density at radius 3 is 2.47 bits per heavy atom. The Hall–Kier alpha value is -0.870. The average molecular weight is 396 g/mol. The molecule has 19 heavy (non-hydrogen) atoms. The topological polar surface area (TPSA) is 87.8 Å². The highest BCUT2D eigenvalue weighted by Crippen LogP contribution is 2.08. The van der Waals surface area contributed by atoms with E-state index < -0.39 is 10.0 Å². The third-order valence-electron chi connectivity index (χ3n) is 2.76. The smallest absolute Gasteiger partial charge is 0.238 e. The van der Waals surface area contributed by atoms with Crippen molar-refractivity contribution in [3.05, 3.63) is 29.8 Å². The number of nitrogens with two attached hydrogens (primary N) is 1. The zero-order chi connectivity index (χ0) is 13.2. The molecule has 8 heteroatoms. The highest BCUT2D eigenvalue weighted by Gasteiger charge is 2.11. The Morgan fingerprint density at radius 2 is 2.00 bits per heavy atom. The third-order valence-corrected chi connectivity index (χ3v) is 3.69. The van der Waals surface area contributed by atoms with E-state index in [1.165, 1.54) is 12.1 Å². The first-order chi connectivity index (χ1) is 8.47. The number of nitrogens with one attached hydrogen (secondary N) is 1. The van der Waals surface area contributed by atoms with E-state index in [9.17, 15) is 8.42 Å². The number of guanidine groups is 1. The molecule has 0 radical (unpaired) electrons. The summed E-state index contributed by atoms with van der Waals surface area (Å²) in [7, 11) is -1.64. The molecule has 2 rings (SSSR count). The second-order valence-electron chi connectivity index (χ2n) is 4.17. The van der Waals surface area contributed by atoms with Gasteiger partial charge in [-0.15, -0.1) is 24.0 Å². The Morgan fingerprint density at radius 1 is 1.37 bits per heavy atom. The molecule has 1 heterocycles. The summed E-state index contributed by atoms with van der Waals surface area (Å²) in [5.41, 5.74) is 0.977. The van der Waals surface area contributed by atoms with Gasteiger partial charge >= 0.3 is 0 Å². The van der Waals surface area contributed by atoms with Gasteiger partial charge in [0.05, 0.1) is 11.4 Å². The summed E-state index contributed by atoms with van der Waals surface area (Å²) in [5, 5.41) is 8.23. The summed E-state index contributed by atoms with van der Waals surface area (Å²) < 4.78 is 22.2. The SMILES string of the molecule is CN1CCN=C1NCc1ccc(S(N)(=O)=O)cc1.I. The predicted molar refractivity (Wildman–Crippen MR) is 85.0 cm³/mol. The molecule has 0 amide bonds. The lowest BCUT2D eigenvalue weighted by atomic mass is 10.2. The van der Waals surface area contributed by atoms with E-state index in [1.807, 2.05) is 11.9 Å². The highest BCUT2D eigenvalue weighted by molar-refractivity contribution is 14.0. The van der Waals surface area contributed by atoms with Crippen LogP contribution >= 0.6 is 24.0 Å². The van der Waals surface area contributed by atoms with Gasteiger partial charge in [0.1, 0.15) is 0 Å². The van der Waals surface area contributed by atoms with Crippen LogP contribution in [0.4, 0.5) is 0 Å². The standard InChI is InChI=1S/C11H16N4O2S.HI/c1-15-7-6-13-11(15)14-8-9-2-4-10(5-3-9)18(12,16)17;/h2-5H,6-8H2,1H3,(H,13,14)(H2,12,16,17);1H. The molecule has 1 aliphatic rings. The fraction of sp³-hybridized carbons (Fsp3) is 0.364. The monoisotopic (exact) mass is 396 g/mol. The van der Waals surface area contributed by atoms with Gasteiger partial charge < -0.3 is 10.2 Å². The lowest BCUT2D eigenvalue weighted by Gasteiger charge is -2.15. The van der Waals surface area contributed by atoms with Gasteiger partial charge in [-0.2, -0.15) is 0 Å². The lowest BCUT2D eigenvalue weighted by molar-refractivity contribution is 0.534. The van der Waals surface area contributed by atoms with Gasteiger partial charge in [-0.3, -0.25) is 4.99 Å². The zero-order valence-corrected chi connectivity index (χ0v) is 13.7. The summed E-state index contributed by atoms with van der Waals surface area (Å²) in [5.74, 6) is 0.866. The third kappa shape index (κ3) is 4.32. The average Bonchev–Trinajstić information content (AvgIpc) is 2.72. The number of primary sulfonamides is 1. The van der Waals surface area contributed by atoms with E-state index in [1.54, 1.807) is 12.1 Å². The highest BCUT2D eigenvalue weighted by atomic mass is 127. The first-order valence-corrected chi connectivity index (χ1v) is 7.12. The van der Waals surface area contributed by atoms with Crippen molar-refractivity contribution in [2.24, 2.45) is 10.1 Å². The second kappa shape index (κ2) is 6.53. The van der Waals surface area contributed by atoms with Gasteiger partial charge in [0, 0.05) is 20.1 Å². The molecule has 6 nitrogen and oxygen atoms in total. The Kier molecular flexibility index (Phi) is 5.56. The fourth-order valence-corrected chi connectivity index (χ4v) is 2.22. The summed E-state index contributed by atoms with van der Waals surface area (Å²) in [6.45, 7) is 2.34. The van der Waals surface area contributed by atoms with Crippen LogP contribution in [-0.4, -0.2) is 39.4 Å². The molecule has 0 unspecified atom stereocenters. The van der Waals surface area contributed by atoms with Crippen LogP contribution in [0.3, 0.4) is 0 Å². The Bertz CT molecular complexity index is 557. The van der Waals surface area contributed by atoms with Gasteiger partial charge in [0.2, 0.25) is 10.0 Å². The minimum Gasteiger partial charge on any atom is -0.352 e. The van der Waals surface area contributed by atoms with Crippen LogP contribution < -0.4 is 10.5 Å². The predicted octanol–water partition coefficient (Wildman–Crippen LogP) is 0.343. The van der Waals surface area contributed by atoms with Crippen LogP contribution in [0.2, 0.25) is 0 Å². The van der Waals surface area contributed by atoms with Gasteiger partial charge in [-0.1, -0.05) is 12.1 Å². The van der Waals surface area contributed by atoms with E-state index in [0.29, 0.717) is 6.54 Å². The molecule has 0 spiro atoms. The number of nitrogens with zero attached hydrogens (tertiary/aromatic N) is 2. The van der Waals surface area contributed by atoms with Crippen molar-refractivity contribution in [1.82, 2.24) is 10.2 Å². The first-order valence-electron chi connectivity index (χ1n) is 5.58. The van der Waals surface area contributed by atoms with Crippen molar-refractivity contribution >= 4 is 40.0 Å². The van der Waals surface area contributed by atoms with Crippen LogP contribution in [0, 0.1) is 0 Å². The largest absolute Gasteiger partial charge is 0.352 e. The zero-order valence-electron chi connectivity index (χ0n) is 10.5. The van der Waals surface area contributed by atoms with Crippen molar-refractivity contribution in [3.63, 3.8) is 0 Å². The number of likely N-dealkylation sites (N-methyl/N-ethyl adjacent to an activating group) is 1. The van der Waals surface area contributed by atoms with Crippen molar-refractivity contribution in [1.29, 1.82) is 0 Å². The Balaban J connectivity index is 0.00000180. The molecule has 0 aromatic heterocycles. The van der Waals surface area contributed by atoms with Gasteiger partial charge in [-0.25, -0.2) is 13.6 Å². The van der Waals surface area contributed by atoms with Crippen LogP contribution in [0.1, 0.15) is 5.56 Å². The van der Waals surface area contributed by atoms with Crippen LogP contribution in [0.5, 0.6) is 0 Å². The van der Waals surface area contributed by atoms with E-state index in [4.69, 9.17) is 5.14 Å². The summed E-state index contributed by atoms with van der Waals surface area (Å²) in [6.07, 6.45) is 0. The minimum absolute atomic E-state index is 0. The number of aliphatic imine (C=N–C) groups is 1. The van der Waals surface area contributed by atoms with Crippen molar-refractivity contribution in [3.8, 4) is 0 Å². The molecular weight excluding hydrogens is 379 g/mol. The summed E-state index contributed by atoms with van der Waals surface area (Å²) >= 11 is 0. The molecule has 0 fully saturated rings. The number of benzene rings is 1. The number of halogens is 1. The van der Waals surface area contributed by atoms with Crippen LogP contribution in [0.15, 0.2) is 34.2 Å². The van der Waals surface area contributed by atoms with Crippen molar-refractivity contribution in [2.45, 2.75) is 11.4 Å². The molecule has 0 aliphatic carbocycles. The van der Waals surface area contributed by atoms with Gasteiger partial charge in [-0.05, 0) is 17.7 Å². The molecule has 0 saturated heterocycles. The molecule has 0 bridgehead atoms. The fourth-order valence-electron chi connectivity index (χ4n) is 1.70. The molecule has 106 valence electrons.